The van der Waals surface area contributed by atoms with Crippen LogP contribution in [0.5, 0.6) is 5.75 Å². The lowest BCUT2D eigenvalue weighted by atomic mass is 9.96. The lowest BCUT2D eigenvalue weighted by molar-refractivity contribution is -0.121. The molecular formula is C13H13NO2. The van der Waals surface area contributed by atoms with Crippen molar-refractivity contribution in [1.29, 1.82) is 5.26 Å². The minimum Gasteiger partial charge on any atom is -0.489 e. The van der Waals surface area contributed by atoms with Crippen LogP contribution >= 0.6 is 0 Å². The highest BCUT2D eigenvalue weighted by molar-refractivity contribution is 5.79. The van der Waals surface area contributed by atoms with E-state index in [0.29, 0.717) is 29.9 Å². The van der Waals surface area contributed by atoms with E-state index >= 15 is 0 Å². The number of para-hydroxylation sites is 1. The number of hydrogen-bond acceptors (Lipinski definition) is 3. The molecule has 0 N–H and O–H groups in total. The molecule has 1 aromatic carbocycles. The Morgan fingerprint density at radius 2 is 1.94 bits per heavy atom. The van der Waals surface area contributed by atoms with E-state index in [4.69, 9.17) is 10.00 Å². The van der Waals surface area contributed by atoms with Gasteiger partial charge in [0.15, 0.2) is 0 Å². The average molecular weight is 215 g/mol. The van der Waals surface area contributed by atoms with Crippen LogP contribution in [0.3, 0.4) is 0 Å². The maximum atomic E-state index is 11.1. The number of carbonyl (C=O) groups is 1. The second-order valence-corrected chi connectivity index (χ2v) is 3.96. The molecule has 16 heavy (non-hydrogen) atoms. The molecule has 3 nitrogen and oxygen atoms in total. The Labute approximate surface area is 94.6 Å². The molecule has 0 aliphatic heterocycles. The highest BCUT2D eigenvalue weighted by atomic mass is 16.5. The first kappa shape index (κ1) is 10.7. The van der Waals surface area contributed by atoms with Crippen LogP contribution in [0, 0.1) is 11.3 Å². The van der Waals surface area contributed by atoms with Crippen LogP contribution in [0.2, 0.25) is 0 Å². The van der Waals surface area contributed by atoms with Gasteiger partial charge in [-0.05, 0) is 25.0 Å². The van der Waals surface area contributed by atoms with E-state index in [-0.39, 0.29) is 6.10 Å². The summed E-state index contributed by atoms with van der Waals surface area (Å²) in [5.41, 5.74) is 0.555. The van der Waals surface area contributed by atoms with E-state index in [1.54, 1.807) is 12.1 Å². The number of hydrogen-bond donors (Lipinski definition) is 0. The molecule has 82 valence electrons. The van der Waals surface area contributed by atoms with Gasteiger partial charge in [-0.3, -0.25) is 4.79 Å². The molecule has 0 spiro atoms. The Kier molecular flexibility index (Phi) is 3.21. The molecule has 1 aliphatic carbocycles. The van der Waals surface area contributed by atoms with Gasteiger partial charge in [-0.25, -0.2) is 0 Å². The van der Waals surface area contributed by atoms with Crippen molar-refractivity contribution in [3.8, 4) is 11.8 Å². The topological polar surface area (TPSA) is 50.1 Å². The second kappa shape index (κ2) is 4.80. The van der Waals surface area contributed by atoms with Crippen molar-refractivity contribution in [2.24, 2.45) is 0 Å². The van der Waals surface area contributed by atoms with Gasteiger partial charge in [-0.2, -0.15) is 5.26 Å². The molecule has 1 fully saturated rings. The maximum Gasteiger partial charge on any atom is 0.137 e. The molecule has 0 unspecified atom stereocenters. The lowest BCUT2D eigenvalue weighted by Crippen LogP contribution is -2.24. The maximum absolute atomic E-state index is 11.1. The molecule has 1 aliphatic rings. The summed E-state index contributed by atoms with van der Waals surface area (Å²) in [4.78, 5) is 11.1. The molecule has 0 radical (unpaired) electrons. The van der Waals surface area contributed by atoms with E-state index in [2.05, 4.69) is 6.07 Å². The van der Waals surface area contributed by atoms with Gasteiger partial charge in [0.25, 0.3) is 0 Å². The van der Waals surface area contributed by atoms with Gasteiger partial charge in [0, 0.05) is 12.8 Å². The van der Waals surface area contributed by atoms with Gasteiger partial charge < -0.3 is 4.74 Å². The zero-order chi connectivity index (χ0) is 11.4. The predicted molar refractivity (Wildman–Crippen MR) is 59.0 cm³/mol. The molecule has 0 heterocycles. The van der Waals surface area contributed by atoms with E-state index < -0.39 is 0 Å². The van der Waals surface area contributed by atoms with Crippen LogP contribution in [-0.4, -0.2) is 11.9 Å². The molecule has 2 rings (SSSR count). The first-order valence-corrected chi connectivity index (χ1v) is 5.47. The number of carbonyl (C=O) groups excluding carboxylic acids is 1. The Hall–Kier alpha value is -1.82. The first-order valence-electron chi connectivity index (χ1n) is 5.47. The fraction of sp³-hybridized carbons (Fsp3) is 0.385. The van der Waals surface area contributed by atoms with Crippen LogP contribution in [0.15, 0.2) is 24.3 Å². The van der Waals surface area contributed by atoms with Crippen LogP contribution < -0.4 is 4.74 Å². The van der Waals surface area contributed by atoms with E-state index in [1.165, 1.54) is 0 Å². The third-order valence-electron chi connectivity index (χ3n) is 2.79. The Morgan fingerprint density at radius 3 is 2.62 bits per heavy atom. The lowest BCUT2D eigenvalue weighted by Gasteiger charge is -2.22. The predicted octanol–water partition coefficient (Wildman–Crippen LogP) is 2.45. The molecular weight excluding hydrogens is 202 g/mol. The molecule has 3 heteroatoms. The monoisotopic (exact) mass is 215 g/mol. The highest BCUT2D eigenvalue weighted by Gasteiger charge is 2.20. The van der Waals surface area contributed by atoms with Crippen LogP contribution in [0.25, 0.3) is 0 Å². The van der Waals surface area contributed by atoms with Gasteiger partial charge in [0.05, 0.1) is 11.7 Å². The highest BCUT2D eigenvalue weighted by Crippen LogP contribution is 2.24. The summed E-state index contributed by atoms with van der Waals surface area (Å²) in [5.74, 6) is 0.942. The number of ether oxygens (including phenoxy) is 1. The van der Waals surface area contributed by atoms with Crippen LogP contribution in [0.1, 0.15) is 31.2 Å². The molecule has 0 aromatic heterocycles. The van der Waals surface area contributed by atoms with Crippen molar-refractivity contribution in [3.63, 3.8) is 0 Å². The van der Waals surface area contributed by atoms with Gasteiger partial charge in [-0.15, -0.1) is 0 Å². The largest absolute Gasteiger partial charge is 0.489 e. The van der Waals surface area contributed by atoms with Gasteiger partial charge >= 0.3 is 0 Å². The summed E-state index contributed by atoms with van der Waals surface area (Å²) in [6.45, 7) is 0. The van der Waals surface area contributed by atoms with Gasteiger partial charge in [0.1, 0.15) is 17.6 Å². The smallest absolute Gasteiger partial charge is 0.137 e. The quantitative estimate of drug-likeness (QED) is 0.761. The van der Waals surface area contributed by atoms with Gasteiger partial charge in [-0.1, -0.05) is 12.1 Å². The molecule has 0 atom stereocenters. The van der Waals surface area contributed by atoms with Crippen molar-refractivity contribution in [1.82, 2.24) is 0 Å². The molecule has 1 saturated carbocycles. The third-order valence-corrected chi connectivity index (χ3v) is 2.79. The number of nitriles is 1. The number of rotatable bonds is 2. The summed E-state index contributed by atoms with van der Waals surface area (Å²) in [7, 11) is 0. The fourth-order valence-corrected chi connectivity index (χ4v) is 1.87. The molecule has 0 amide bonds. The zero-order valence-corrected chi connectivity index (χ0v) is 8.98. The fourth-order valence-electron chi connectivity index (χ4n) is 1.87. The summed E-state index contributed by atoms with van der Waals surface area (Å²) in [6.07, 6.45) is 2.79. The SMILES string of the molecule is N#Cc1ccccc1OC1CCC(=O)CC1. The Morgan fingerprint density at radius 1 is 1.25 bits per heavy atom. The first-order chi connectivity index (χ1) is 7.79. The van der Waals surface area contributed by atoms with Gasteiger partial charge in [0.2, 0.25) is 0 Å². The number of ketones is 1. The van der Waals surface area contributed by atoms with E-state index in [9.17, 15) is 4.79 Å². The third kappa shape index (κ3) is 2.40. The second-order valence-electron chi connectivity index (χ2n) is 3.96. The van der Waals surface area contributed by atoms with Crippen LogP contribution in [-0.2, 0) is 4.79 Å². The minimum absolute atomic E-state index is 0.0761. The van der Waals surface area contributed by atoms with Crippen molar-refractivity contribution < 1.29 is 9.53 Å². The van der Waals surface area contributed by atoms with Crippen molar-refractivity contribution in [3.05, 3.63) is 29.8 Å². The molecule has 1 aromatic rings. The standard InChI is InChI=1S/C13H13NO2/c14-9-10-3-1-2-4-13(10)16-12-7-5-11(15)6-8-12/h1-4,12H,5-8H2. The summed E-state index contributed by atoms with van der Waals surface area (Å²) < 4.78 is 5.75. The number of nitrogens with zero attached hydrogens (tertiary/aromatic N) is 1. The summed E-state index contributed by atoms with van der Waals surface area (Å²) in [6, 6.07) is 9.31. The van der Waals surface area contributed by atoms with Crippen LogP contribution in [0.4, 0.5) is 0 Å². The summed E-state index contributed by atoms with van der Waals surface area (Å²) >= 11 is 0. The average Bonchev–Trinajstić information content (AvgIpc) is 2.33. The zero-order valence-electron chi connectivity index (χ0n) is 8.98. The van der Waals surface area contributed by atoms with Crippen molar-refractivity contribution >= 4 is 5.78 Å². The summed E-state index contributed by atoms with van der Waals surface area (Å²) in [5, 5.41) is 8.91. The van der Waals surface area contributed by atoms with E-state index in [0.717, 1.165) is 12.8 Å². The Bertz CT molecular complexity index is 424. The normalized spacial score (nSPS) is 16.8. The van der Waals surface area contributed by atoms with Crippen molar-refractivity contribution in [2.75, 3.05) is 0 Å². The minimum atomic E-state index is 0.0761. The molecule has 0 saturated heterocycles. The molecule has 0 bridgehead atoms. The Balaban J connectivity index is 2.04. The van der Waals surface area contributed by atoms with E-state index in [1.807, 2.05) is 12.1 Å². The number of benzene rings is 1. The van der Waals surface area contributed by atoms with Crippen molar-refractivity contribution in [2.45, 2.75) is 31.8 Å². The number of Topliss-reactive ketones (excluding diaryl/α,β-unsaturated/α-hetero) is 1.